The van der Waals surface area contributed by atoms with Crippen molar-refractivity contribution in [2.45, 2.75) is 38.6 Å². The van der Waals surface area contributed by atoms with Gasteiger partial charge >= 0.3 is 0 Å². The van der Waals surface area contributed by atoms with Crippen LogP contribution in [0.5, 0.6) is 5.75 Å². The average molecular weight is 363 g/mol. The van der Waals surface area contributed by atoms with Crippen molar-refractivity contribution in [3.05, 3.63) is 59.4 Å². The molecule has 2 heterocycles. The van der Waals surface area contributed by atoms with E-state index in [1.807, 2.05) is 48.2 Å². The molecule has 0 bridgehead atoms. The van der Waals surface area contributed by atoms with Gasteiger partial charge in [0.2, 0.25) is 5.91 Å². The third-order valence-electron chi connectivity index (χ3n) is 5.40. The van der Waals surface area contributed by atoms with Gasteiger partial charge in [-0.1, -0.05) is 24.3 Å². The Morgan fingerprint density at radius 3 is 2.96 bits per heavy atom. The molecular weight excluding hydrogens is 338 g/mol. The standard InChI is InChI=1S/C22H25N3O2/c1-15-9-10-16(14-20(15)27-2)11-12-21(26)25-13-5-8-19(25)22-23-17-6-3-4-7-18(17)24-22/h3-4,6-7,9-10,14,19H,5,8,11-13H2,1-2H3,(H,23,24)/t19-/m0/s1. The summed E-state index contributed by atoms with van der Waals surface area (Å²) < 4.78 is 5.39. The van der Waals surface area contributed by atoms with Crippen LogP contribution in [-0.4, -0.2) is 34.4 Å². The maximum atomic E-state index is 12.9. The van der Waals surface area contributed by atoms with E-state index in [0.29, 0.717) is 6.42 Å². The van der Waals surface area contributed by atoms with Crippen LogP contribution in [0.1, 0.15) is 42.3 Å². The lowest BCUT2D eigenvalue weighted by Gasteiger charge is -2.23. The molecule has 27 heavy (non-hydrogen) atoms. The van der Waals surface area contributed by atoms with Crippen LogP contribution in [0.3, 0.4) is 0 Å². The molecule has 0 radical (unpaired) electrons. The Labute approximate surface area is 159 Å². The first-order valence-corrected chi connectivity index (χ1v) is 9.53. The van der Waals surface area contributed by atoms with E-state index < -0.39 is 0 Å². The SMILES string of the molecule is COc1cc(CCC(=O)N2CCC[C@H]2c2nc3ccccc3[nH]2)ccc1C. The van der Waals surface area contributed by atoms with Crippen LogP contribution in [0.4, 0.5) is 0 Å². The summed E-state index contributed by atoms with van der Waals surface area (Å²) in [6.07, 6.45) is 3.21. The number of carbonyl (C=O) groups excluding carboxylic acids is 1. The Morgan fingerprint density at radius 1 is 1.30 bits per heavy atom. The Balaban J connectivity index is 1.46. The number of methoxy groups -OCH3 is 1. The molecule has 0 saturated carbocycles. The zero-order valence-corrected chi connectivity index (χ0v) is 15.9. The van der Waals surface area contributed by atoms with Crippen molar-refractivity contribution in [1.82, 2.24) is 14.9 Å². The van der Waals surface area contributed by atoms with Crippen LogP contribution in [0.2, 0.25) is 0 Å². The number of imidazole rings is 1. The molecule has 0 aliphatic carbocycles. The molecule has 140 valence electrons. The number of benzene rings is 2. The second-order valence-electron chi connectivity index (χ2n) is 7.19. The molecule has 5 heteroatoms. The molecule has 1 aliphatic heterocycles. The zero-order chi connectivity index (χ0) is 18.8. The number of aryl methyl sites for hydroxylation is 2. The minimum absolute atomic E-state index is 0.0532. The van der Waals surface area contributed by atoms with Crippen molar-refractivity contribution in [2.24, 2.45) is 0 Å². The third-order valence-corrected chi connectivity index (χ3v) is 5.40. The van der Waals surface area contributed by atoms with Gasteiger partial charge in [0.15, 0.2) is 0 Å². The van der Waals surface area contributed by atoms with Gasteiger partial charge in [0.1, 0.15) is 11.6 Å². The van der Waals surface area contributed by atoms with Gasteiger partial charge in [-0.15, -0.1) is 0 Å². The van der Waals surface area contributed by atoms with Gasteiger partial charge in [-0.2, -0.15) is 0 Å². The highest BCUT2D eigenvalue weighted by atomic mass is 16.5. The number of hydrogen-bond acceptors (Lipinski definition) is 3. The van der Waals surface area contributed by atoms with Crippen LogP contribution < -0.4 is 4.74 Å². The molecule has 1 N–H and O–H groups in total. The molecule has 0 spiro atoms. The molecule has 1 atom stereocenters. The quantitative estimate of drug-likeness (QED) is 0.740. The number of aromatic amines is 1. The number of aromatic nitrogens is 2. The van der Waals surface area contributed by atoms with Gasteiger partial charge in [-0.3, -0.25) is 4.79 Å². The molecule has 1 saturated heterocycles. The number of H-pyrrole nitrogens is 1. The fourth-order valence-electron chi connectivity index (χ4n) is 3.89. The van der Waals surface area contributed by atoms with E-state index in [0.717, 1.165) is 59.5 Å². The molecule has 1 amide bonds. The third kappa shape index (κ3) is 3.54. The predicted octanol–water partition coefficient (Wildman–Crippen LogP) is 4.18. The summed E-state index contributed by atoms with van der Waals surface area (Å²) in [5.41, 5.74) is 4.22. The smallest absolute Gasteiger partial charge is 0.223 e. The molecule has 4 rings (SSSR count). The number of fused-ring (bicyclic) bond motifs is 1. The van der Waals surface area contributed by atoms with Gasteiger partial charge in [-0.25, -0.2) is 4.98 Å². The summed E-state index contributed by atoms with van der Waals surface area (Å²) in [5, 5.41) is 0. The van der Waals surface area contributed by atoms with E-state index in [-0.39, 0.29) is 11.9 Å². The fourth-order valence-corrected chi connectivity index (χ4v) is 3.89. The number of para-hydroxylation sites is 2. The second kappa shape index (κ2) is 7.43. The van der Waals surface area contributed by atoms with Crippen molar-refractivity contribution < 1.29 is 9.53 Å². The molecule has 1 aromatic heterocycles. The summed E-state index contributed by atoms with van der Waals surface area (Å²) in [4.78, 5) is 23.0. The van der Waals surface area contributed by atoms with Crippen LogP contribution in [0.25, 0.3) is 11.0 Å². The Kier molecular flexibility index (Phi) is 4.84. The monoisotopic (exact) mass is 363 g/mol. The van der Waals surface area contributed by atoms with Gasteiger partial charge in [0.25, 0.3) is 0 Å². The number of nitrogens with zero attached hydrogens (tertiary/aromatic N) is 2. The molecule has 5 nitrogen and oxygen atoms in total. The molecular formula is C22H25N3O2. The second-order valence-corrected chi connectivity index (χ2v) is 7.19. The summed E-state index contributed by atoms with van der Waals surface area (Å²) >= 11 is 0. The van der Waals surface area contributed by atoms with E-state index in [1.54, 1.807) is 7.11 Å². The van der Waals surface area contributed by atoms with Gasteiger partial charge in [-0.05, 0) is 55.5 Å². The molecule has 3 aromatic rings. The van der Waals surface area contributed by atoms with Crippen LogP contribution in [0.15, 0.2) is 42.5 Å². The lowest BCUT2D eigenvalue weighted by molar-refractivity contribution is -0.132. The normalized spacial score (nSPS) is 16.8. The van der Waals surface area contributed by atoms with E-state index in [9.17, 15) is 4.79 Å². The lowest BCUT2D eigenvalue weighted by atomic mass is 10.1. The first-order valence-electron chi connectivity index (χ1n) is 9.53. The van der Waals surface area contributed by atoms with Gasteiger partial charge in [0.05, 0.1) is 24.2 Å². The van der Waals surface area contributed by atoms with Crippen molar-refractivity contribution in [3.8, 4) is 5.75 Å². The van der Waals surface area contributed by atoms with Crippen molar-refractivity contribution in [1.29, 1.82) is 0 Å². The average Bonchev–Trinajstić information content (AvgIpc) is 3.33. The highest BCUT2D eigenvalue weighted by Crippen LogP contribution is 2.32. The number of amides is 1. The van der Waals surface area contributed by atoms with E-state index in [1.165, 1.54) is 0 Å². The Morgan fingerprint density at radius 2 is 2.15 bits per heavy atom. The van der Waals surface area contributed by atoms with Crippen molar-refractivity contribution >= 4 is 16.9 Å². The number of likely N-dealkylation sites (tertiary alicyclic amines) is 1. The zero-order valence-electron chi connectivity index (χ0n) is 15.9. The Hall–Kier alpha value is -2.82. The van der Waals surface area contributed by atoms with Gasteiger partial charge in [0, 0.05) is 13.0 Å². The fraction of sp³-hybridized carbons (Fsp3) is 0.364. The first-order chi connectivity index (χ1) is 13.2. The van der Waals surface area contributed by atoms with Crippen LogP contribution in [0, 0.1) is 6.92 Å². The molecule has 1 aliphatic rings. The maximum Gasteiger partial charge on any atom is 0.223 e. The Bertz CT molecular complexity index is 930. The number of ether oxygens (including phenoxy) is 1. The minimum Gasteiger partial charge on any atom is -0.496 e. The highest BCUT2D eigenvalue weighted by molar-refractivity contribution is 5.78. The van der Waals surface area contributed by atoms with E-state index >= 15 is 0 Å². The van der Waals surface area contributed by atoms with Crippen molar-refractivity contribution in [3.63, 3.8) is 0 Å². The minimum atomic E-state index is 0.0532. The summed E-state index contributed by atoms with van der Waals surface area (Å²) in [5.74, 6) is 1.97. The summed E-state index contributed by atoms with van der Waals surface area (Å²) in [7, 11) is 1.68. The van der Waals surface area contributed by atoms with Crippen molar-refractivity contribution in [2.75, 3.05) is 13.7 Å². The summed E-state index contributed by atoms with van der Waals surface area (Å²) in [6.45, 7) is 2.83. The number of nitrogens with one attached hydrogen (secondary N) is 1. The van der Waals surface area contributed by atoms with Crippen LogP contribution >= 0.6 is 0 Å². The number of carbonyl (C=O) groups is 1. The largest absolute Gasteiger partial charge is 0.496 e. The maximum absolute atomic E-state index is 12.9. The summed E-state index contributed by atoms with van der Waals surface area (Å²) in [6, 6.07) is 14.2. The first kappa shape index (κ1) is 17.6. The molecule has 2 aromatic carbocycles. The lowest BCUT2D eigenvalue weighted by Crippen LogP contribution is -2.31. The highest BCUT2D eigenvalue weighted by Gasteiger charge is 2.31. The topological polar surface area (TPSA) is 58.2 Å². The van der Waals surface area contributed by atoms with Gasteiger partial charge < -0.3 is 14.6 Å². The predicted molar refractivity (Wildman–Crippen MR) is 106 cm³/mol. The number of hydrogen-bond donors (Lipinski definition) is 1. The molecule has 0 unspecified atom stereocenters. The number of rotatable bonds is 5. The molecule has 1 fully saturated rings. The van der Waals surface area contributed by atoms with Crippen LogP contribution in [-0.2, 0) is 11.2 Å². The van der Waals surface area contributed by atoms with E-state index in [4.69, 9.17) is 9.72 Å². The van der Waals surface area contributed by atoms with E-state index in [2.05, 4.69) is 11.1 Å².